The highest BCUT2D eigenvalue weighted by molar-refractivity contribution is 6.37. The molecule has 0 heterocycles. The summed E-state index contributed by atoms with van der Waals surface area (Å²) in [6.07, 6.45) is 0. The largest absolute Gasteiger partial charge is 0.505 e. The van der Waals surface area contributed by atoms with Crippen molar-refractivity contribution in [2.45, 2.75) is 6.54 Å². The number of ether oxygens (including phenoxy) is 1. The van der Waals surface area contributed by atoms with Crippen molar-refractivity contribution >= 4 is 52.1 Å². The number of benzene rings is 2. The first-order valence-corrected chi connectivity index (χ1v) is 7.37. The van der Waals surface area contributed by atoms with Crippen molar-refractivity contribution in [1.29, 1.82) is 0 Å². The van der Waals surface area contributed by atoms with E-state index in [9.17, 15) is 5.11 Å². The molecule has 0 atom stereocenters. The van der Waals surface area contributed by atoms with Gasteiger partial charge in [-0.2, -0.15) is 0 Å². The van der Waals surface area contributed by atoms with Gasteiger partial charge in [-0.25, -0.2) is 0 Å². The molecule has 0 fully saturated rings. The summed E-state index contributed by atoms with van der Waals surface area (Å²) in [4.78, 5) is 0. The van der Waals surface area contributed by atoms with E-state index in [0.29, 0.717) is 28.0 Å². The van der Waals surface area contributed by atoms with Crippen LogP contribution in [0.2, 0.25) is 20.1 Å². The molecule has 21 heavy (non-hydrogen) atoms. The van der Waals surface area contributed by atoms with Crippen molar-refractivity contribution in [3.63, 3.8) is 0 Å². The van der Waals surface area contributed by atoms with Crippen LogP contribution in [0.4, 0.5) is 5.69 Å². The average Bonchev–Trinajstić information content (AvgIpc) is 2.41. The van der Waals surface area contributed by atoms with Crippen LogP contribution in [0.5, 0.6) is 11.5 Å². The zero-order valence-corrected chi connectivity index (χ0v) is 13.9. The zero-order chi connectivity index (χ0) is 15.6. The summed E-state index contributed by atoms with van der Waals surface area (Å²) in [5.74, 6) is 0.400. The highest BCUT2D eigenvalue weighted by Crippen LogP contribution is 2.36. The van der Waals surface area contributed by atoms with E-state index in [2.05, 4.69) is 5.32 Å². The van der Waals surface area contributed by atoms with Gasteiger partial charge in [0, 0.05) is 22.8 Å². The molecule has 0 unspecified atom stereocenters. The van der Waals surface area contributed by atoms with Crippen LogP contribution in [0.25, 0.3) is 0 Å². The number of nitrogens with one attached hydrogen (secondary N) is 1. The van der Waals surface area contributed by atoms with Gasteiger partial charge in [0.25, 0.3) is 0 Å². The molecular weight excluding hydrogens is 356 g/mol. The Balaban J connectivity index is 2.24. The van der Waals surface area contributed by atoms with E-state index in [4.69, 9.17) is 51.1 Å². The van der Waals surface area contributed by atoms with Gasteiger partial charge in [0.2, 0.25) is 0 Å². The topological polar surface area (TPSA) is 41.5 Å². The molecule has 0 aliphatic rings. The third kappa shape index (κ3) is 3.80. The monoisotopic (exact) mass is 365 g/mol. The Morgan fingerprint density at radius 3 is 2.19 bits per heavy atom. The predicted molar refractivity (Wildman–Crippen MR) is 88.5 cm³/mol. The lowest BCUT2D eigenvalue weighted by Gasteiger charge is -2.13. The molecule has 2 N–H and O–H groups in total. The number of rotatable bonds is 4. The number of phenols is 1. The Labute approximate surface area is 142 Å². The second kappa shape index (κ2) is 6.84. The summed E-state index contributed by atoms with van der Waals surface area (Å²) in [6.45, 7) is 0.404. The molecule has 0 bridgehead atoms. The van der Waals surface area contributed by atoms with Gasteiger partial charge in [-0.1, -0.05) is 46.4 Å². The molecule has 3 nitrogen and oxygen atoms in total. The smallest absolute Gasteiger partial charge is 0.152 e. The van der Waals surface area contributed by atoms with Gasteiger partial charge < -0.3 is 15.2 Å². The third-order valence-electron chi connectivity index (χ3n) is 2.79. The molecule has 2 rings (SSSR count). The molecule has 0 saturated heterocycles. The summed E-state index contributed by atoms with van der Waals surface area (Å²) in [5, 5.41) is 13.9. The van der Waals surface area contributed by atoms with Crippen molar-refractivity contribution in [1.82, 2.24) is 0 Å². The lowest BCUT2D eigenvalue weighted by atomic mass is 10.2. The Kier molecular flexibility index (Phi) is 5.33. The fourth-order valence-corrected chi connectivity index (χ4v) is 2.94. The normalized spacial score (nSPS) is 10.5. The van der Waals surface area contributed by atoms with Crippen molar-refractivity contribution < 1.29 is 9.84 Å². The summed E-state index contributed by atoms with van der Waals surface area (Å²) in [5.41, 5.74) is 1.44. The molecule has 7 heteroatoms. The summed E-state index contributed by atoms with van der Waals surface area (Å²) in [6, 6.07) is 6.51. The van der Waals surface area contributed by atoms with Crippen LogP contribution < -0.4 is 10.1 Å². The van der Waals surface area contributed by atoms with Gasteiger partial charge in [-0.3, -0.25) is 0 Å². The van der Waals surface area contributed by atoms with Crippen LogP contribution in [0.15, 0.2) is 24.3 Å². The molecule has 0 aromatic heterocycles. The Bertz CT molecular complexity index is 653. The second-order valence-electron chi connectivity index (χ2n) is 4.22. The maximum atomic E-state index is 9.52. The maximum absolute atomic E-state index is 9.52. The number of methoxy groups -OCH3 is 1. The molecule has 0 amide bonds. The number of phenolic OH excluding ortho intramolecular Hbond substituents is 1. The first-order chi connectivity index (χ1) is 9.92. The molecule has 2 aromatic rings. The SMILES string of the molecule is COc1c(Cl)cc(Cl)cc1CNc1cc(Cl)c(O)c(Cl)c1. The second-order valence-corrected chi connectivity index (χ2v) is 5.88. The Hall–Kier alpha value is -1.00. The minimum Gasteiger partial charge on any atom is -0.505 e. The van der Waals surface area contributed by atoms with E-state index in [-0.39, 0.29) is 15.8 Å². The fourth-order valence-electron chi connectivity index (χ4n) is 1.84. The van der Waals surface area contributed by atoms with Crippen LogP contribution >= 0.6 is 46.4 Å². The Morgan fingerprint density at radius 1 is 1.00 bits per heavy atom. The standard InChI is InChI=1S/C14H11Cl4NO2/c1-21-14-7(2-8(15)3-12(14)18)6-19-9-4-10(16)13(20)11(17)5-9/h2-5,19-20H,6H2,1H3. The van der Waals surface area contributed by atoms with E-state index in [1.54, 1.807) is 24.3 Å². The number of halogens is 4. The molecule has 0 spiro atoms. The molecular formula is C14H11Cl4NO2. The van der Waals surface area contributed by atoms with Gasteiger partial charge in [0.15, 0.2) is 5.75 Å². The van der Waals surface area contributed by atoms with Crippen molar-refractivity contribution in [3.8, 4) is 11.5 Å². The zero-order valence-electron chi connectivity index (χ0n) is 10.9. The highest BCUT2D eigenvalue weighted by atomic mass is 35.5. The van der Waals surface area contributed by atoms with E-state index in [0.717, 1.165) is 5.56 Å². The molecule has 0 aliphatic carbocycles. The van der Waals surface area contributed by atoms with E-state index >= 15 is 0 Å². The fraction of sp³-hybridized carbons (Fsp3) is 0.143. The van der Waals surface area contributed by atoms with E-state index < -0.39 is 0 Å². The minimum absolute atomic E-state index is 0.146. The quantitative estimate of drug-likeness (QED) is 0.689. The van der Waals surface area contributed by atoms with E-state index in [1.165, 1.54) is 7.11 Å². The minimum atomic E-state index is -0.146. The average molecular weight is 367 g/mol. The van der Waals surface area contributed by atoms with Crippen LogP contribution in [-0.4, -0.2) is 12.2 Å². The van der Waals surface area contributed by atoms with Crippen LogP contribution in [0.1, 0.15) is 5.56 Å². The number of anilines is 1. The van der Waals surface area contributed by atoms with Gasteiger partial charge in [-0.05, 0) is 24.3 Å². The first-order valence-electron chi connectivity index (χ1n) is 5.86. The number of hydrogen-bond acceptors (Lipinski definition) is 3. The third-order valence-corrected chi connectivity index (χ3v) is 3.86. The summed E-state index contributed by atoms with van der Waals surface area (Å²) >= 11 is 23.8. The lowest BCUT2D eigenvalue weighted by molar-refractivity contribution is 0.410. The van der Waals surface area contributed by atoms with Crippen LogP contribution in [0, 0.1) is 0 Å². The van der Waals surface area contributed by atoms with Gasteiger partial charge in [0.1, 0.15) is 5.75 Å². The molecule has 112 valence electrons. The van der Waals surface area contributed by atoms with E-state index in [1.807, 2.05) is 0 Å². The maximum Gasteiger partial charge on any atom is 0.152 e. The lowest BCUT2D eigenvalue weighted by Crippen LogP contribution is -2.02. The number of hydrogen-bond donors (Lipinski definition) is 2. The predicted octanol–water partition coefficient (Wildman–Crippen LogP) is 5.63. The molecule has 0 saturated carbocycles. The van der Waals surface area contributed by atoms with Gasteiger partial charge >= 0.3 is 0 Å². The first kappa shape index (κ1) is 16.4. The van der Waals surface area contributed by atoms with Crippen molar-refractivity contribution in [2.24, 2.45) is 0 Å². The van der Waals surface area contributed by atoms with Crippen LogP contribution in [0.3, 0.4) is 0 Å². The summed E-state index contributed by atoms with van der Waals surface area (Å²) in [7, 11) is 1.53. The highest BCUT2D eigenvalue weighted by Gasteiger charge is 2.11. The van der Waals surface area contributed by atoms with Gasteiger partial charge in [-0.15, -0.1) is 0 Å². The van der Waals surface area contributed by atoms with Crippen molar-refractivity contribution in [3.05, 3.63) is 49.9 Å². The summed E-state index contributed by atoms with van der Waals surface area (Å²) < 4.78 is 5.26. The molecule has 0 aliphatic heterocycles. The van der Waals surface area contributed by atoms with Gasteiger partial charge in [0.05, 0.1) is 22.2 Å². The van der Waals surface area contributed by atoms with Crippen LogP contribution in [-0.2, 0) is 6.54 Å². The number of aromatic hydroxyl groups is 1. The van der Waals surface area contributed by atoms with Crippen molar-refractivity contribution in [2.75, 3.05) is 12.4 Å². The Morgan fingerprint density at radius 2 is 1.62 bits per heavy atom. The molecule has 2 aromatic carbocycles. The molecule has 0 radical (unpaired) electrons.